The lowest BCUT2D eigenvalue weighted by atomic mass is 10.4. The van der Waals surface area contributed by atoms with Crippen molar-refractivity contribution in [2.24, 2.45) is 0 Å². The second-order valence-electron chi connectivity index (χ2n) is 4.56. The van der Waals surface area contributed by atoms with Crippen molar-refractivity contribution in [1.29, 1.82) is 0 Å². The van der Waals surface area contributed by atoms with Crippen LogP contribution in [-0.4, -0.2) is 40.6 Å². The van der Waals surface area contributed by atoms with Gasteiger partial charge in [0.2, 0.25) is 10.0 Å². The van der Waals surface area contributed by atoms with Crippen LogP contribution in [0, 0.1) is 0 Å². The Balaban J connectivity index is 1.89. The van der Waals surface area contributed by atoms with Crippen molar-refractivity contribution in [2.45, 2.75) is 17.9 Å². The zero-order valence-electron chi connectivity index (χ0n) is 10.7. The highest BCUT2D eigenvalue weighted by Crippen LogP contribution is 2.17. The highest BCUT2D eigenvalue weighted by Gasteiger charge is 2.27. The molecule has 2 aromatic rings. The molecule has 0 radical (unpaired) electrons. The standard InChI is InChI=1S/C12H14N4O3S/c17-12-14-13-11-6-7-15(8-9-16(11)12)20(18,19)10-4-2-1-3-5-10/h1-5H,6-9H2,(H,14,17). The summed E-state index contributed by atoms with van der Waals surface area (Å²) >= 11 is 0. The van der Waals surface area contributed by atoms with E-state index in [0.717, 1.165) is 0 Å². The second-order valence-corrected chi connectivity index (χ2v) is 6.50. The van der Waals surface area contributed by atoms with Gasteiger partial charge in [-0.25, -0.2) is 18.3 Å². The molecule has 0 unspecified atom stereocenters. The maximum absolute atomic E-state index is 12.5. The van der Waals surface area contributed by atoms with Gasteiger partial charge in [-0.1, -0.05) is 18.2 Å². The van der Waals surface area contributed by atoms with Gasteiger partial charge in [-0.3, -0.25) is 4.57 Å². The van der Waals surface area contributed by atoms with Gasteiger partial charge >= 0.3 is 5.69 Å². The van der Waals surface area contributed by atoms with Gasteiger partial charge in [-0.05, 0) is 12.1 Å². The minimum absolute atomic E-state index is 0.268. The van der Waals surface area contributed by atoms with Crippen LogP contribution in [0.25, 0.3) is 0 Å². The van der Waals surface area contributed by atoms with Crippen LogP contribution in [0.15, 0.2) is 40.0 Å². The molecule has 0 bridgehead atoms. The van der Waals surface area contributed by atoms with E-state index in [2.05, 4.69) is 10.2 Å². The SMILES string of the molecule is O=c1[nH]nc2n1CCN(S(=O)(=O)c1ccccc1)CC2. The monoisotopic (exact) mass is 294 g/mol. The number of nitrogens with one attached hydrogen (secondary N) is 1. The molecule has 0 atom stereocenters. The van der Waals surface area contributed by atoms with E-state index in [0.29, 0.717) is 25.3 Å². The van der Waals surface area contributed by atoms with Gasteiger partial charge in [0, 0.05) is 26.1 Å². The van der Waals surface area contributed by atoms with Crippen LogP contribution in [0.4, 0.5) is 0 Å². The normalized spacial score (nSPS) is 16.6. The highest BCUT2D eigenvalue weighted by atomic mass is 32.2. The summed E-state index contributed by atoms with van der Waals surface area (Å²) in [5.41, 5.74) is -0.293. The number of hydrogen-bond acceptors (Lipinski definition) is 4. The van der Waals surface area contributed by atoms with Crippen molar-refractivity contribution in [3.63, 3.8) is 0 Å². The van der Waals surface area contributed by atoms with Gasteiger partial charge in [0.05, 0.1) is 4.90 Å². The predicted octanol–water partition coefficient (Wildman–Crippen LogP) is -0.182. The summed E-state index contributed by atoms with van der Waals surface area (Å²) in [4.78, 5) is 11.8. The van der Waals surface area contributed by atoms with Gasteiger partial charge in [-0.15, -0.1) is 0 Å². The lowest BCUT2D eigenvalue weighted by Crippen LogP contribution is -2.34. The van der Waals surface area contributed by atoms with Crippen molar-refractivity contribution < 1.29 is 8.42 Å². The van der Waals surface area contributed by atoms with Crippen molar-refractivity contribution in [3.8, 4) is 0 Å². The zero-order valence-corrected chi connectivity index (χ0v) is 11.5. The van der Waals surface area contributed by atoms with E-state index in [1.807, 2.05) is 0 Å². The van der Waals surface area contributed by atoms with Gasteiger partial charge in [-0.2, -0.15) is 9.40 Å². The van der Waals surface area contributed by atoms with Crippen LogP contribution in [0.3, 0.4) is 0 Å². The first kappa shape index (κ1) is 13.1. The Morgan fingerprint density at radius 2 is 1.85 bits per heavy atom. The van der Waals surface area contributed by atoms with Crippen LogP contribution in [0.5, 0.6) is 0 Å². The summed E-state index contributed by atoms with van der Waals surface area (Å²) in [5.74, 6) is 0.598. The summed E-state index contributed by atoms with van der Waals surface area (Å²) in [7, 11) is -3.51. The molecule has 0 saturated heterocycles. The number of rotatable bonds is 2. The fraction of sp³-hybridized carbons (Fsp3) is 0.333. The summed E-state index contributed by atoms with van der Waals surface area (Å²) < 4.78 is 27.9. The molecule has 1 aliphatic rings. The van der Waals surface area contributed by atoms with Crippen LogP contribution in [0.2, 0.25) is 0 Å². The average molecular weight is 294 g/mol. The summed E-state index contributed by atoms with van der Waals surface area (Å²) in [5, 5.41) is 6.29. The van der Waals surface area contributed by atoms with E-state index >= 15 is 0 Å². The molecule has 1 aliphatic heterocycles. The average Bonchev–Trinajstić information content (AvgIpc) is 2.69. The summed E-state index contributed by atoms with van der Waals surface area (Å²) in [6, 6.07) is 8.31. The molecule has 20 heavy (non-hydrogen) atoms. The Hall–Kier alpha value is -1.93. The molecule has 1 aromatic carbocycles. The molecule has 106 valence electrons. The maximum Gasteiger partial charge on any atom is 0.343 e. The summed E-state index contributed by atoms with van der Waals surface area (Å²) in [6.45, 7) is 0.905. The minimum Gasteiger partial charge on any atom is -0.278 e. The third kappa shape index (κ3) is 2.16. The first-order valence-corrected chi connectivity index (χ1v) is 7.72. The second kappa shape index (κ2) is 4.88. The number of H-pyrrole nitrogens is 1. The lowest BCUT2D eigenvalue weighted by Gasteiger charge is -2.19. The van der Waals surface area contributed by atoms with E-state index in [9.17, 15) is 13.2 Å². The lowest BCUT2D eigenvalue weighted by molar-refractivity contribution is 0.413. The predicted molar refractivity (Wildman–Crippen MR) is 71.8 cm³/mol. The fourth-order valence-corrected chi connectivity index (χ4v) is 3.75. The van der Waals surface area contributed by atoms with E-state index in [1.165, 1.54) is 8.87 Å². The minimum atomic E-state index is -3.51. The van der Waals surface area contributed by atoms with Crippen molar-refractivity contribution in [1.82, 2.24) is 19.1 Å². The van der Waals surface area contributed by atoms with Crippen LogP contribution < -0.4 is 5.69 Å². The summed E-state index contributed by atoms with van der Waals surface area (Å²) in [6.07, 6.45) is 0.421. The Morgan fingerprint density at radius 1 is 1.10 bits per heavy atom. The number of fused-ring (bicyclic) bond motifs is 1. The zero-order chi connectivity index (χ0) is 14.2. The number of sulfonamides is 1. The van der Waals surface area contributed by atoms with Crippen LogP contribution >= 0.6 is 0 Å². The van der Waals surface area contributed by atoms with Crippen LogP contribution in [0.1, 0.15) is 5.82 Å². The molecule has 2 heterocycles. The molecular formula is C12H14N4O3S. The van der Waals surface area contributed by atoms with E-state index < -0.39 is 10.0 Å². The van der Waals surface area contributed by atoms with Gasteiger partial charge in [0.1, 0.15) is 5.82 Å². The number of aromatic amines is 1. The molecule has 0 amide bonds. The molecule has 1 N–H and O–H groups in total. The van der Waals surface area contributed by atoms with Crippen molar-refractivity contribution in [3.05, 3.63) is 46.6 Å². The third-order valence-corrected chi connectivity index (χ3v) is 5.29. The first-order valence-electron chi connectivity index (χ1n) is 6.28. The molecule has 0 aliphatic carbocycles. The van der Waals surface area contributed by atoms with Crippen LogP contribution in [-0.2, 0) is 23.0 Å². The molecule has 0 spiro atoms. The molecule has 3 rings (SSSR count). The molecule has 0 saturated carbocycles. The highest BCUT2D eigenvalue weighted by molar-refractivity contribution is 7.89. The van der Waals surface area contributed by atoms with Gasteiger partial charge < -0.3 is 0 Å². The van der Waals surface area contributed by atoms with Crippen molar-refractivity contribution >= 4 is 10.0 Å². The van der Waals surface area contributed by atoms with E-state index in [4.69, 9.17) is 0 Å². The molecule has 0 fully saturated rings. The van der Waals surface area contributed by atoms with Gasteiger partial charge in [0.15, 0.2) is 0 Å². The van der Waals surface area contributed by atoms with E-state index in [-0.39, 0.29) is 17.1 Å². The molecular weight excluding hydrogens is 280 g/mol. The number of aromatic nitrogens is 3. The topological polar surface area (TPSA) is 88.1 Å². The van der Waals surface area contributed by atoms with E-state index in [1.54, 1.807) is 30.3 Å². The quantitative estimate of drug-likeness (QED) is 0.832. The van der Waals surface area contributed by atoms with Crippen molar-refractivity contribution in [2.75, 3.05) is 13.1 Å². The van der Waals surface area contributed by atoms with Gasteiger partial charge in [0.25, 0.3) is 0 Å². The first-order chi connectivity index (χ1) is 9.59. The molecule has 7 nitrogen and oxygen atoms in total. The molecule has 1 aromatic heterocycles. The maximum atomic E-state index is 12.5. The fourth-order valence-electron chi connectivity index (χ4n) is 2.30. The number of benzene rings is 1. The largest absolute Gasteiger partial charge is 0.343 e. The molecule has 8 heteroatoms. The smallest absolute Gasteiger partial charge is 0.278 e. The number of hydrogen-bond donors (Lipinski definition) is 1. The number of nitrogens with zero attached hydrogens (tertiary/aromatic N) is 3. The third-order valence-electron chi connectivity index (χ3n) is 3.38. The Kier molecular flexibility index (Phi) is 3.19. The Labute approximate surface area is 115 Å². The Bertz CT molecular complexity index is 764. The Morgan fingerprint density at radius 3 is 2.60 bits per heavy atom.